The van der Waals surface area contributed by atoms with E-state index in [9.17, 15) is 28.4 Å². The summed E-state index contributed by atoms with van der Waals surface area (Å²) >= 11 is 0.743. The number of nitro groups is 1. The number of anilines is 1. The van der Waals surface area contributed by atoms with Gasteiger partial charge < -0.3 is 9.94 Å². The predicted octanol–water partition coefficient (Wildman–Crippen LogP) is 6.27. The number of aliphatic hydroxyl groups is 1. The third-order valence-electron chi connectivity index (χ3n) is 7.19. The van der Waals surface area contributed by atoms with Crippen molar-refractivity contribution in [3.63, 3.8) is 0 Å². The minimum absolute atomic E-state index is 0.0237. The van der Waals surface area contributed by atoms with Crippen LogP contribution in [0.25, 0.3) is 0 Å². The molecule has 11 nitrogen and oxygen atoms in total. The first-order valence-electron chi connectivity index (χ1n) is 13.4. The molecule has 13 heteroatoms. The van der Waals surface area contributed by atoms with Crippen molar-refractivity contribution in [2.24, 2.45) is 5.16 Å². The van der Waals surface area contributed by atoms with Crippen molar-refractivity contribution < 1.29 is 28.1 Å². The zero-order chi connectivity index (χ0) is 31.8. The Morgan fingerprint density at radius 3 is 2.27 bits per heavy atom. The number of nitro benzene ring substituents is 1. The van der Waals surface area contributed by atoms with Crippen molar-refractivity contribution in [3.8, 4) is 0 Å². The number of hydrogen-bond donors (Lipinski definition) is 1. The molecule has 1 amide bonds. The molecule has 1 atom stereocenters. The molecule has 0 radical (unpaired) electrons. The van der Waals surface area contributed by atoms with Crippen LogP contribution in [-0.2, 0) is 19.5 Å². The van der Waals surface area contributed by atoms with Crippen LogP contribution in [0.4, 0.5) is 10.8 Å². The van der Waals surface area contributed by atoms with Crippen molar-refractivity contribution in [1.29, 1.82) is 0 Å². The van der Waals surface area contributed by atoms with Gasteiger partial charge in [0.1, 0.15) is 17.0 Å². The first kappa shape index (κ1) is 30.6. The molecule has 0 saturated carbocycles. The predicted molar refractivity (Wildman–Crippen MR) is 166 cm³/mol. The van der Waals surface area contributed by atoms with Crippen LogP contribution in [0, 0.1) is 17.0 Å². The Balaban J connectivity index is 1.63. The van der Waals surface area contributed by atoms with Gasteiger partial charge in [0.15, 0.2) is 10.9 Å². The summed E-state index contributed by atoms with van der Waals surface area (Å²) in [5.41, 5.74) is 3.44. The van der Waals surface area contributed by atoms with Crippen LogP contribution in [0.2, 0.25) is 0 Å². The molecule has 226 valence electrons. The Kier molecular flexibility index (Phi) is 8.35. The molecule has 5 rings (SSSR count). The number of thiazole rings is 1. The van der Waals surface area contributed by atoms with Gasteiger partial charge in [0.25, 0.3) is 11.6 Å². The van der Waals surface area contributed by atoms with Crippen LogP contribution in [0.1, 0.15) is 48.1 Å². The third-order valence-corrected chi connectivity index (χ3v) is 10.4. The largest absolute Gasteiger partial charge is 0.503 e. The van der Waals surface area contributed by atoms with E-state index in [1.54, 1.807) is 12.1 Å². The SMILES string of the molecule is CO/N=C(\C1=C(O)C(=O)N(c2ncc(S(=O)(=O)c3ccc([N+](=O)[O-])cc3)s2)C1c1ccc(C(C)C)cc1)c1ccc(C)cc1. The highest BCUT2D eigenvalue weighted by molar-refractivity contribution is 7.93. The highest BCUT2D eigenvalue weighted by atomic mass is 32.2. The number of rotatable bonds is 9. The second kappa shape index (κ2) is 12.0. The lowest BCUT2D eigenvalue weighted by Gasteiger charge is -2.25. The van der Waals surface area contributed by atoms with Crippen LogP contribution in [-0.4, -0.2) is 42.2 Å². The second-order valence-corrected chi connectivity index (χ2v) is 13.6. The van der Waals surface area contributed by atoms with E-state index < -0.39 is 32.5 Å². The summed E-state index contributed by atoms with van der Waals surface area (Å²) in [4.78, 5) is 34.7. The average molecular weight is 633 g/mol. The zero-order valence-corrected chi connectivity index (χ0v) is 25.8. The Bertz CT molecular complexity index is 1900. The van der Waals surface area contributed by atoms with Gasteiger partial charge in [0.2, 0.25) is 9.84 Å². The molecule has 0 aliphatic carbocycles. The average Bonchev–Trinajstić information content (AvgIpc) is 3.60. The molecule has 1 aromatic heterocycles. The number of nitrogens with zero attached hydrogens (tertiary/aromatic N) is 4. The van der Waals surface area contributed by atoms with Crippen LogP contribution in [0.3, 0.4) is 0 Å². The molecule has 0 bridgehead atoms. The second-order valence-electron chi connectivity index (χ2n) is 10.4. The number of benzene rings is 3. The van der Waals surface area contributed by atoms with Gasteiger partial charge in [-0.3, -0.25) is 19.8 Å². The summed E-state index contributed by atoms with van der Waals surface area (Å²) < 4.78 is 26.6. The zero-order valence-electron chi connectivity index (χ0n) is 24.2. The summed E-state index contributed by atoms with van der Waals surface area (Å²) in [6, 6.07) is 18.5. The van der Waals surface area contributed by atoms with E-state index in [0.717, 1.165) is 52.9 Å². The van der Waals surface area contributed by atoms with Crippen molar-refractivity contribution in [1.82, 2.24) is 4.98 Å². The highest BCUT2D eigenvalue weighted by Crippen LogP contribution is 2.44. The van der Waals surface area contributed by atoms with Crippen molar-refractivity contribution in [3.05, 3.63) is 123 Å². The van der Waals surface area contributed by atoms with Gasteiger partial charge in [-0.15, -0.1) is 0 Å². The maximum Gasteiger partial charge on any atom is 0.296 e. The lowest BCUT2D eigenvalue weighted by atomic mass is 9.90. The fourth-order valence-corrected chi connectivity index (χ4v) is 7.38. The van der Waals surface area contributed by atoms with Crippen molar-refractivity contribution in [2.45, 2.75) is 41.8 Å². The van der Waals surface area contributed by atoms with Crippen molar-refractivity contribution >= 4 is 43.6 Å². The molecular weight excluding hydrogens is 604 g/mol. The number of aromatic nitrogens is 1. The molecule has 1 unspecified atom stereocenters. The van der Waals surface area contributed by atoms with Gasteiger partial charge in [-0.1, -0.05) is 84.4 Å². The lowest BCUT2D eigenvalue weighted by Crippen LogP contribution is -2.31. The van der Waals surface area contributed by atoms with Gasteiger partial charge >= 0.3 is 0 Å². The molecule has 0 saturated heterocycles. The third kappa shape index (κ3) is 5.58. The number of oxime groups is 1. The number of hydrogen-bond acceptors (Lipinski definition) is 10. The number of aliphatic hydroxyl groups excluding tert-OH is 1. The standard InChI is InChI=1S/C31H28N4O7S2/c1-18(2)20-9-11-22(12-10-20)28-26(27(33-42-4)21-7-5-19(3)6-8-21)29(36)30(37)34(28)31-32-17-25(43-31)44(40,41)24-15-13-23(14-16-24)35(38)39/h5-18,28,36H,1-4H3/b33-27-. The van der Waals surface area contributed by atoms with Gasteiger partial charge in [-0.25, -0.2) is 13.4 Å². The molecular formula is C31H28N4O7S2. The number of carbonyl (C=O) groups excluding carboxylic acids is 1. The molecule has 1 aliphatic heterocycles. The Morgan fingerprint density at radius 1 is 1.07 bits per heavy atom. The first-order valence-corrected chi connectivity index (χ1v) is 15.7. The van der Waals surface area contributed by atoms with Crippen LogP contribution >= 0.6 is 11.3 Å². The van der Waals surface area contributed by atoms with Crippen LogP contribution < -0.4 is 4.90 Å². The van der Waals surface area contributed by atoms with Crippen LogP contribution in [0.5, 0.6) is 0 Å². The lowest BCUT2D eigenvalue weighted by molar-refractivity contribution is -0.384. The normalized spacial score (nSPS) is 15.8. The Labute approximate surface area is 257 Å². The van der Waals surface area contributed by atoms with Gasteiger partial charge in [0.05, 0.1) is 27.6 Å². The summed E-state index contributed by atoms with van der Waals surface area (Å²) in [6.07, 6.45) is 1.13. The summed E-state index contributed by atoms with van der Waals surface area (Å²) in [6.45, 7) is 6.04. The Hall–Kier alpha value is -4.88. The molecule has 1 aliphatic rings. The first-order chi connectivity index (χ1) is 20.9. The van der Waals surface area contributed by atoms with E-state index in [2.05, 4.69) is 24.0 Å². The number of non-ortho nitro benzene ring substituents is 1. The quantitative estimate of drug-likeness (QED) is 0.129. The van der Waals surface area contributed by atoms with E-state index in [1.807, 2.05) is 43.3 Å². The number of aryl methyl sites for hydroxylation is 1. The number of carbonyl (C=O) groups is 1. The fraction of sp³-hybridized carbons (Fsp3) is 0.194. The molecule has 1 N–H and O–H groups in total. The van der Waals surface area contributed by atoms with E-state index in [-0.39, 0.29) is 37.1 Å². The minimum atomic E-state index is -4.13. The monoisotopic (exact) mass is 632 g/mol. The molecule has 44 heavy (non-hydrogen) atoms. The van der Waals surface area contributed by atoms with E-state index in [1.165, 1.54) is 12.0 Å². The fourth-order valence-electron chi connectivity index (χ4n) is 4.83. The number of sulfone groups is 1. The van der Waals surface area contributed by atoms with Gasteiger partial charge in [0, 0.05) is 17.7 Å². The Morgan fingerprint density at radius 2 is 1.70 bits per heavy atom. The van der Waals surface area contributed by atoms with E-state index >= 15 is 0 Å². The topological polar surface area (TPSA) is 152 Å². The molecule has 3 aromatic carbocycles. The van der Waals surface area contributed by atoms with Gasteiger partial charge in [-0.2, -0.15) is 0 Å². The van der Waals surface area contributed by atoms with Crippen molar-refractivity contribution in [2.75, 3.05) is 12.0 Å². The van der Waals surface area contributed by atoms with Gasteiger partial charge in [-0.05, 0) is 36.1 Å². The molecule has 4 aromatic rings. The summed E-state index contributed by atoms with van der Waals surface area (Å²) in [5.74, 6) is -1.12. The minimum Gasteiger partial charge on any atom is -0.503 e. The molecule has 2 heterocycles. The highest BCUT2D eigenvalue weighted by Gasteiger charge is 2.45. The maximum absolute atomic E-state index is 13.8. The maximum atomic E-state index is 13.8. The van der Waals surface area contributed by atoms with Crippen LogP contribution in [0.15, 0.2) is 105 Å². The van der Waals surface area contributed by atoms with E-state index in [4.69, 9.17) is 4.84 Å². The summed E-state index contributed by atoms with van der Waals surface area (Å²) in [5, 5.41) is 26.6. The summed E-state index contributed by atoms with van der Waals surface area (Å²) in [7, 11) is -2.76. The molecule has 0 spiro atoms. The van der Waals surface area contributed by atoms with E-state index in [0.29, 0.717) is 11.1 Å². The molecule has 0 fully saturated rings. The number of amides is 1. The smallest absolute Gasteiger partial charge is 0.296 e.